The van der Waals surface area contributed by atoms with Gasteiger partial charge < -0.3 is 10.1 Å². The molecule has 0 spiro atoms. The Morgan fingerprint density at radius 2 is 1.37 bits per heavy atom. The van der Waals surface area contributed by atoms with Gasteiger partial charge in [0.25, 0.3) is 5.69 Å². The molecule has 0 amide bonds. The molecular formula is C28H22N2O5. The summed E-state index contributed by atoms with van der Waals surface area (Å²) in [6, 6.07) is 30.5. The second-order valence-electron chi connectivity index (χ2n) is 7.78. The fourth-order valence-corrected chi connectivity index (χ4v) is 3.49. The lowest BCUT2D eigenvalue weighted by atomic mass is 9.99. The summed E-state index contributed by atoms with van der Waals surface area (Å²) in [4.78, 5) is 36.6. The van der Waals surface area contributed by atoms with E-state index in [2.05, 4.69) is 5.32 Å². The molecule has 0 aliphatic heterocycles. The number of carbonyl (C=O) groups excluding carboxylic acids is 2. The van der Waals surface area contributed by atoms with Crippen molar-refractivity contribution in [1.82, 2.24) is 0 Å². The molecule has 7 heteroatoms. The maximum atomic E-state index is 13.2. The molecule has 4 aromatic rings. The SMILES string of the molecule is O=C(O[C@H](C(=O)c1ccccc1)c1ccc([N+](=O)[O-])cc1)c1ccc(CNc2ccccc2)cc1. The summed E-state index contributed by atoms with van der Waals surface area (Å²) in [7, 11) is 0. The Morgan fingerprint density at radius 3 is 1.97 bits per heavy atom. The number of para-hydroxylation sites is 1. The number of anilines is 1. The number of Topliss-reactive ketones (excluding diaryl/α,β-unsaturated/α-hetero) is 1. The van der Waals surface area contributed by atoms with E-state index in [1.807, 2.05) is 42.5 Å². The van der Waals surface area contributed by atoms with Crippen LogP contribution in [0.2, 0.25) is 0 Å². The van der Waals surface area contributed by atoms with Gasteiger partial charge in [0, 0.05) is 35.5 Å². The summed E-state index contributed by atoms with van der Waals surface area (Å²) in [5, 5.41) is 14.3. The van der Waals surface area contributed by atoms with Gasteiger partial charge >= 0.3 is 5.97 Å². The van der Waals surface area contributed by atoms with Gasteiger partial charge in [0.2, 0.25) is 5.78 Å². The lowest BCUT2D eigenvalue weighted by Gasteiger charge is -2.18. The van der Waals surface area contributed by atoms with Crippen LogP contribution < -0.4 is 5.32 Å². The first kappa shape index (κ1) is 23.4. The van der Waals surface area contributed by atoms with Crippen LogP contribution in [0, 0.1) is 10.1 Å². The minimum Gasteiger partial charge on any atom is -0.445 e. The Kier molecular flexibility index (Phi) is 7.28. The molecule has 1 N–H and O–H groups in total. The second kappa shape index (κ2) is 10.9. The van der Waals surface area contributed by atoms with E-state index in [1.54, 1.807) is 42.5 Å². The molecule has 0 bridgehead atoms. The smallest absolute Gasteiger partial charge is 0.339 e. The highest BCUT2D eigenvalue weighted by molar-refractivity contribution is 6.02. The maximum absolute atomic E-state index is 13.2. The van der Waals surface area contributed by atoms with Crippen molar-refractivity contribution < 1.29 is 19.2 Å². The third kappa shape index (κ3) is 5.97. The number of ether oxygens (including phenoxy) is 1. The van der Waals surface area contributed by atoms with Crippen molar-refractivity contribution in [2.45, 2.75) is 12.6 Å². The Bertz CT molecular complexity index is 1310. The summed E-state index contributed by atoms with van der Waals surface area (Å²) in [6.45, 7) is 0.581. The summed E-state index contributed by atoms with van der Waals surface area (Å²) >= 11 is 0. The van der Waals surface area contributed by atoms with Gasteiger partial charge in [-0.05, 0) is 42.0 Å². The first-order valence-electron chi connectivity index (χ1n) is 10.9. The van der Waals surface area contributed by atoms with Gasteiger partial charge in [0.05, 0.1) is 10.5 Å². The number of hydrogen-bond donors (Lipinski definition) is 1. The van der Waals surface area contributed by atoms with Gasteiger partial charge in [0.1, 0.15) is 0 Å². The predicted octanol–water partition coefficient (Wildman–Crippen LogP) is 5.99. The quantitative estimate of drug-likeness (QED) is 0.141. The first-order chi connectivity index (χ1) is 17.0. The number of nitrogens with zero attached hydrogens (tertiary/aromatic N) is 1. The van der Waals surface area contributed by atoms with E-state index >= 15 is 0 Å². The standard InChI is InChI=1S/C28H22N2O5/c31-26(21-7-3-1-4-8-21)27(22-15-17-25(18-16-22)30(33)34)35-28(32)23-13-11-20(12-14-23)19-29-24-9-5-2-6-10-24/h1-18,27,29H,19H2/t27-/m0/s1. The van der Waals surface area contributed by atoms with Gasteiger partial charge in [-0.2, -0.15) is 0 Å². The molecule has 0 saturated heterocycles. The highest BCUT2D eigenvalue weighted by Gasteiger charge is 2.27. The molecule has 4 rings (SSSR count). The summed E-state index contributed by atoms with van der Waals surface area (Å²) in [6.07, 6.45) is -1.25. The number of nitro benzene ring substituents is 1. The van der Waals surface area contributed by atoms with Crippen LogP contribution >= 0.6 is 0 Å². The average molecular weight is 466 g/mol. The fourth-order valence-electron chi connectivity index (χ4n) is 3.49. The van der Waals surface area contributed by atoms with E-state index < -0.39 is 22.8 Å². The molecule has 0 saturated carbocycles. The van der Waals surface area contributed by atoms with Crippen molar-refractivity contribution in [2.75, 3.05) is 5.32 Å². The monoisotopic (exact) mass is 466 g/mol. The number of hydrogen-bond acceptors (Lipinski definition) is 6. The van der Waals surface area contributed by atoms with E-state index in [0.29, 0.717) is 23.2 Å². The molecule has 1 atom stereocenters. The van der Waals surface area contributed by atoms with Crippen LogP contribution in [-0.2, 0) is 11.3 Å². The van der Waals surface area contributed by atoms with Gasteiger partial charge in [0.15, 0.2) is 6.10 Å². The molecule has 174 valence electrons. The van der Waals surface area contributed by atoms with Crippen LogP contribution in [0.25, 0.3) is 0 Å². The third-order valence-corrected chi connectivity index (χ3v) is 5.39. The first-order valence-corrected chi connectivity index (χ1v) is 10.9. The summed E-state index contributed by atoms with van der Waals surface area (Å²) < 4.78 is 5.63. The number of nitrogens with one attached hydrogen (secondary N) is 1. The van der Waals surface area contributed by atoms with E-state index in [4.69, 9.17) is 4.74 Å². The van der Waals surface area contributed by atoms with Crippen LogP contribution in [0.1, 0.15) is 37.9 Å². The number of carbonyl (C=O) groups is 2. The summed E-state index contributed by atoms with van der Waals surface area (Å²) in [5.74, 6) is -1.09. The Hall–Kier alpha value is -4.78. The van der Waals surface area contributed by atoms with Crippen LogP contribution in [0.5, 0.6) is 0 Å². The van der Waals surface area contributed by atoms with Gasteiger partial charge in [-0.3, -0.25) is 14.9 Å². The van der Waals surface area contributed by atoms with Crippen molar-refractivity contribution in [3.05, 3.63) is 142 Å². The highest BCUT2D eigenvalue weighted by Crippen LogP contribution is 2.26. The topological polar surface area (TPSA) is 98.5 Å². The van der Waals surface area contributed by atoms with Crippen molar-refractivity contribution in [2.24, 2.45) is 0 Å². The Morgan fingerprint density at radius 1 is 0.771 bits per heavy atom. The van der Waals surface area contributed by atoms with Gasteiger partial charge in [-0.15, -0.1) is 0 Å². The lowest BCUT2D eigenvalue weighted by molar-refractivity contribution is -0.384. The zero-order valence-corrected chi connectivity index (χ0v) is 18.7. The molecule has 0 heterocycles. The Balaban J connectivity index is 1.51. The zero-order chi connectivity index (χ0) is 24.6. The molecular weight excluding hydrogens is 444 g/mol. The van der Waals surface area contributed by atoms with Crippen LogP contribution in [0.4, 0.5) is 11.4 Å². The molecule has 0 fully saturated rings. The van der Waals surface area contributed by atoms with Crippen molar-refractivity contribution >= 4 is 23.1 Å². The largest absolute Gasteiger partial charge is 0.445 e. The molecule has 0 aliphatic rings. The van der Waals surface area contributed by atoms with Crippen molar-refractivity contribution in [3.8, 4) is 0 Å². The van der Waals surface area contributed by atoms with E-state index in [0.717, 1.165) is 11.3 Å². The van der Waals surface area contributed by atoms with E-state index in [1.165, 1.54) is 24.3 Å². The molecule has 0 aliphatic carbocycles. The van der Waals surface area contributed by atoms with Gasteiger partial charge in [-0.25, -0.2) is 4.79 Å². The molecule has 0 unspecified atom stereocenters. The third-order valence-electron chi connectivity index (χ3n) is 5.39. The van der Waals surface area contributed by atoms with E-state index in [-0.39, 0.29) is 5.69 Å². The number of esters is 1. The number of non-ortho nitro benzene ring substituents is 1. The second-order valence-corrected chi connectivity index (χ2v) is 7.78. The zero-order valence-electron chi connectivity index (χ0n) is 18.7. The van der Waals surface area contributed by atoms with Crippen LogP contribution in [0.3, 0.4) is 0 Å². The normalized spacial score (nSPS) is 11.3. The van der Waals surface area contributed by atoms with Gasteiger partial charge in [-0.1, -0.05) is 60.7 Å². The molecule has 7 nitrogen and oxygen atoms in total. The number of rotatable bonds is 9. The number of ketones is 1. The summed E-state index contributed by atoms with van der Waals surface area (Å²) in [5.41, 5.74) is 2.85. The fraction of sp³-hybridized carbons (Fsp3) is 0.0714. The highest BCUT2D eigenvalue weighted by atomic mass is 16.6. The number of nitro groups is 1. The Labute approximate surface area is 202 Å². The molecule has 0 aromatic heterocycles. The maximum Gasteiger partial charge on any atom is 0.339 e. The number of benzene rings is 4. The van der Waals surface area contributed by atoms with Crippen LogP contribution in [-0.4, -0.2) is 16.7 Å². The molecule has 0 radical (unpaired) electrons. The van der Waals surface area contributed by atoms with Crippen molar-refractivity contribution in [3.63, 3.8) is 0 Å². The lowest BCUT2D eigenvalue weighted by Crippen LogP contribution is -2.20. The predicted molar refractivity (Wildman–Crippen MR) is 132 cm³/mol. The minimum absolute atomic E-state index is 0.120. The average Bonchev–Trinajstić information content (AvgIpc) is 2.91. The van der Waals surface area contributed by atoms with E-state index in [9.17, 15) is 19.7 Å². The molecule has 35 heavy (non-hydrogen) atoms. The van der Waals surface area contributed by atoms with Crippen molar-refractivity contribution in [1.29, 1.82) is 0 Å². The minimum atomic E-state index is -1.25. The molecule has 4 aromatic carbocycles. The van der Waals surface area contributed by atoms with Crippen LogP contribution in [0.15, 0.2) is 109 Å².